The minimum atomic E-state index is -0.279. The smallest absolute Gasteiger partial charge is 0.255 e. The number of aromatic nitrogens is 1. The summed E-state index contributed by atoms with van der Waals surface area (Å²) in [6, 6.07) is 1.66. The van der Waals surface area contributed by atoms with Crippen LogP contribution in [0.25, 0.3) is 0 Å². The zero-order chi connectivity index (χ0) is 14.8. The topological polar surface area (TPSA) is 73.7 Å². The zero-order valence-electron chi connectivity index (χ0n) is 11.7. The Morgan fingerprint density at radius 1 is 1.43 bits per heavy atom. The van der Waals surface area contributed by atoms with E-state index in [1.807, 2.05) is 0 Å². The molecule has 3 unspecified atom stereocenters. The van der Waals surface area contributed by atoms with Crippen LogP contribution in [-0.4, -0.2) is 51.8 Å². The molecule has 2 fully saturated rings. The van der Waals surface area contributed by atoms with Gasteiger partial charge < -0.3 is 15.1 Å². The van der Waals surface area contributed by atoms with Gasteiger partial charge in [-0.3, -0.25) is 9.78 Å². The number of rotatable bonds is 1. The summed E-state index contributed by atoms with van der Waals surface area (Å²) in [7, 11) is 0. The van der Waals surface area contributed by atoms with Gasteiger partial charge in [-0.05, 0) is 24.8 Å². The van der Waals surface area contributed by atoms with E-state index in [1.165, 1.54) is 0 Å². The van der Waals surface area contributed by atoms with Gasteiger partial charge in [-0.1, -0.05) is 11.8 Å². The molecular formula is C16H18N2O3. The van der Waals surface area contributed by atoms with E-state index in [1.54, 1.807) is 23.4 Å². The minimum Gasteiger partial charge on any atom is -0.393 e. The highest BCUT2D eigenvalue weighted by molar-refractivity contribution is 5.96. The Bertz CT molecular complexity index is 605. The molecule has 1 amide bonds. The monoisotopic (exact) mass is 286 g/mol. The highest BCUT2D eigenvalue weighted by atomic mass is 16.3. The fourth-order valence-corrected chi connectivity index (χ4v) is 3.39. The summed E-state index contributed by atoms with van der Waals surface area (Å²) in [6.07, 6.45) is 4.67. The molecule has 1 aliphatic carbocycles. The lowest BCUT2D eigenvalue weighted by Gasteiger charge is -2.19. The van der Waals surface area contributed by atoms with E-state index in [-0.39, 0.29) is 24.5 Å². The molecule has 0 aromatic carbocycles. The second kappa shape index (κ2) is 5.84. The van der Waals surface area contributed by atoms with Crippen LogP contribution in [0, 0.1) is 23.7 Å². The molecule has 1 saturated carbocycles. The lowest BCUT2D eigenvalue weighted by Crippen LogP contribution is -2.31. The number of nitrogens with zero attached hydrogens (tertiary/aromatic N) is 2. The third-order valence-electron chi connectivity index (χ3n) is 4.46. The summed E-state index contributed by atoms with van der Waals surface area (Å²) < 4.78 is 0. The number of hydrogen-bond donors (Lipinski definition) is 2. The van der Waals surface area contributed by atoms with E-state index >= 15 is 0 Å². The number of aliphatic hydroxyl groups is 2. The maximum Gasteiger partial charge on any atom is 0.255 e. The van der Waals surface area contributed by atoms with Crippen LogP contribution in [0.1, 0.15) is 28.8 Å². The number of carbonyl (C=O) groups is 1. The third kappa shape index (κ3) is 2.65. The van der Waals surface area contributed by atoms with Crippen molar-refractivity contribution in [2.24, 2.45) is 11.8 Å². The predicted octanol–water partition coefficient (Wildman–Crippen LogP) is 0.268. The van der Waals surface area contributed by atoms with Crippen molar-refractivity contribution in [2.75, 3.05) is 19.7 Å². The summed E-state index contributed by atoms with van der Waals surface area (Å²) in [6.45, 7) is 1.07. The van der Waals surface area contributed by atoms with Gasteiger partial charge in [0.25, 0.3) is 5.91 Å². The van der Waals surface area contributed by atoms with E-state index in [0.717, 1.165) is 12.8 Å². The van der Waals surface area contributed by atoms with Crippen molar-refractivity contribution in [2.45, 2.75) is 18.9 Å². The molecule has 2 heterocycles. The number of pyridine rings is 1. The SMILES string of the molecule is O=C(c1ccncc1C#CCO)N1CC2CCC(O)C2C1. The van der Waals surface area contributed by atoms with Crippen LogP contribution >= 0.6 is 0 Å². The molecule has 1 saturated heterocycles. The lowest BCUT2D eigenvalue weighted by molar-refractivity contribution is 0.0752. The first-order valence-electron chi connectivity index (χ1n) is 7.21. The molecule has 3 atom stereocenters. The quantitative estimate of drug-likeness (QED) is 0.727. The Morgan fingerprint density at radius 2 is 2.29 bits per heavy atom. The fourth-order valence-electron chi connectivity index (χ4n) is 3.39. The van der Waals surface area contributed by atoms with E-state index in [9.17, 15) is 9.90 Å². The van der Waals surface area contributed by atoms with Crippen molar-refractivity contribution < 1.29 is 15.0 Å². The van der Waals surface area contributed by atoms with Gasteiger partial charge in [0.1, 0.15) is 6.61 Å². The van der Waals surface area contributed by atoms with Gasteiger partial charge >= 0.3 is 0 Å². The van der Waals surface area contributed by atoms with Crippen molar-refractivity contribution in [1.29, 1.82) is 0 Å². The molecule has 1 aromatic rings. The first-order chi connectivity index (χ1) is 10.2. The van der Waals surface area contributed by atoms with Crippen LogP contribution in [0.5, 0.6) is 0 Å². The van der Waals surface area contributed by atoms with Gasteiger partial charge in [-0.2, -0.15) is 0 Å². The fraction of sp³-hybridized carbons (Fsp3) is 0.500. The average Bonchev–Trinajstić information content (AvgIpc) is 3.07. The highest BCUT2D eigenvalue weighted by Crippen LogP contribution is 2.38. The number of fused-ring (bicyclic) bond motifs is 1. The maximum atomic E-state index is 12.7. The van der Waals surface area contributed by atoms with Crippen molar-refractivity contribution in [3.05, 3.63) is 29.6 Å². The molecule has 5 nitrogen and oxygen atoms in total. The van der Waals surface area contributed by atoms with Gasteiger partial charge in [0, 0.05) is 31.4 Å². The number of amides is 1. The average molecular weight is 286 g/mol. The van der Waals surface area contributed by atoms with Crippen LogP contribution in [0.3, 0.4) is 0 Å². The summed E-state index contributed by atoms with van der Waals surface area (Å²) in [4.78, 5) is 18.4. The predicted molar refractivity (Wildman–Crippen MR) is 76.3 cm³/mol. The standard InChI is InChI=1S/C16H18N2O3/c19-7-1-2-11-8-17-6-5-13(11)16(21)18-9-12-3-4-15(20)14(12)10-18/h5-6,8,12,14-15,19-20H,3-4,7,9-10H2. The van der Waals surface area contributed by atoms with Gasteiger partial charge in [-0.15, -0.1) is 0 Å². The molecule has 0 bridgehead atoms. The van der Waals surface area contributed by atoms with E-state index in [4.69, 9.17) is 5.11 Å². The second-order valence-corrected chi connectivity index (χ2v) is 5.66. The number of likely N-dealkylation sites (tertiary alicyclic amines) is 1. The lowest BCUT2D eigenvalue weighted by atomic mass is 10.00. The van der Waals surface area contributed by atoms with Gasteiger partial charge in [0.05, 0.1) is 17.2 Å². The Balaban J connectivity index is 1.80. The van der Waals surface area contributed by atoms with Gasteiger partial charge in [0.15, 0.2) is 0 Å². The minimum absolute atomic E-state index is 0.0683. The first kappa shape index (κ1) is 14.1. The second-order valence-electron chi connectivity index (χ2n) is 5.66. The van der Waals surface area contributed by atoms with Crippen LogP contribution in [-0.2, 0) is 0 Å². The Labute approximate surface area is 123 Å². The molecule has 2 N–H and O–H groups in total. The highest BCUT2D eigenvalue weighted by Gasteiger charge is 2.43. The van der Waals surface area contributed by atoms with Crippen molar-refractivity contribution in [1.82, 2.24) is 9.88 Å². The van der Waals surface area contributed by atoms with E-state index in [2.05, 4.69) is 16.8 Å². The summed E-state index contributed by atoms with van der Waals surface area (Å²) >= 11 is 0. The molecule has 1 aromatic heterocycles. The molecule has 21 heavy (non-hydrogen) atoms. The molecule has 110 valence electrons. The van der Waals surface area contributed by atoms with Crippen molar-refractivity contribution >= 4 is 5.91 Å². The third-order valence-corrected chi connectivity index (χ3v) is 4.46. The zero-order valence-corrected chi connectivity index (χ0v) is 11.7. The first-order valence-corrected chi connectivity index (χ1v) is 7.21. The van der Waals surface area contributed by atoms with E-state index in [0.29, 0.717) is 30.1 Å². The molecule has 0 radical (unpaired) electrons. The number of hydrogen-bond acceptors (Lipinski definition) is 4. The Kier molecular flexibility index (Phi) is 3.91. The van der Waals surface area contributed by atoms with Gasteiger partial charge in [-0.25, -0.2) is 0 Å². The maximum absolute atomic E-state index is 12.7. The van der Waals surface area contributed by atoms with Crippen LogP contribution in [0.2, 0.25) is 0 Å². The Hall–Kier alpha value is -1.90. The largest absolute Gasteiger partial charge is 0.393 e. The van der Waals surface area contributed by atoms with Crippen molar-refractivity contribution in [3.8, 4) is 11.8 Å². The van der Waals surface area contributed by atoms with Crippen molar-refractivity contribution in [3.63, 3.8) is 0 Å². The van der Waals surface area contributed by atoms with Crippen LogP contribution < -0.4 is 0 Å². The molecule has 2 aliphatic rings. The Morgan fingerprint density at radius 3 is 3.05 bits per heavy atom. The summed E-state index contributed by atoms with van der Waals surface area (Å²) in [5, 5.41) is 18.7. The van der Waals surface area contributed by atoms with E-state index < -0.39 is 0 Å². The molecule has 1 aliphatic heterocycles. The normalized spacial score (nSPS) is 27.1. The van der Waals surface area contributed by atoms with Crippen LogP contribution in [0.4, 0.5) is 0 Å². The molecule has 0 spiro atoms. The summed E-state index contributed by atoms with van der Waals surface area (Å²) in [5.74, 6) is 5.88. The molecular weight excluding hydrogens is 268 g/mol. The summed E-state index contributed by atoms with van der Waals surface area (Å²) in [5.41, 5.74) is 1.05. The van der Waals surface area contributed by atoms with Gasteiger partial charge in [0.2, 0.25) is 0 Å². The molecule has 5 heteroatoms. The molecule has 3 rings (SSSR count). The number of aliphatic hydroxyl groups excluding tert-OH is 2. The number of carbonyl (C=O) groups excluding carboxylic acids is 1. The van der Waals surface area contributed by atoms with Crippen LogP contribution in [0.15, 0.2) is 18.5 Å².